The lowest BCUT2D eigenvalue weighted by molar-refractivity contribution is -0.188. The van der Waals surface area contributed by atoms with Gasteiger partial charge in [-0.25, -0.2) is 0 Å². The first-order chi connectivity index (χ1) is 10.6. The third kappa shape index (κ3) is 5.43. The summed E-state index contributed by atoms with van der Waals surface area (Å²) in [5.41, 5.74) is -0.696. The molecule has 0 saturated carbocycles. The molecule has 0 bridgehead atoms. The van der Waals surface area contributed by atoms with Crippen LogP contribution < -0.4 is 10.1 Å². The van der Waals surface area contributed by atoms with Crippen LogP contribution in [0.2, 0.25) is 0 Å². The maximum absolute atomic E-state index is 13.6. The highest BCUT2D eigenvalue weighted by molar-refractivity contribution is 5.85. The van der Waals surface area contributed by atoms with Crippen molar-refractivity contribution in [3.8, 4) is 11.5 Å². The first kappa shape index (κ1) is 20.9. The molecule has 0 radical (unpaired) electrons. The molecule has 0 amide bonds. The van der Waals surface area contributed by atoms with E-state index in [1.807, 2.05) is 20.8 Å². The molecule has 1 aliphatic rings. The molecule has 24 heavy (non-hydrogen) atoms. The van der Waals surface area contributed by atoms with Crippen LogP contribution in [-0.2, 0) is 0 Å². The summed E-state index contributed by atoms with van der Waals surface area (Å²) < 4.78 is 46.5. The lowest BCUT2D eigenvalue weighted by atomic mass is 10.0. The second-order valence-electron chi connectivity index (χ2n) is 6.67. The SMILES string of the molecule is CC(C)(C)Oc1ccc(O)c([C@@H](N2CCNCC2)C(F)(F)F)c1.Cl. The topological polar surface area (TPSA) is 44.7 Å². The van der Waals surface area contributed by atoms with E-state index in [9.17, 15) is 18.3 Å². The van der Waals surface area contributed by atoms with Gasteiger partial charge in [0, 0.05) is 31.7 Å². The highest BCUT2D eigenvalue weighted by Gasteiger charge is 2.46. The van der Waals surface area contributed by atoms with Gasteiger partial charge in [-0.05, 0) is 39.0 Å². The van der Waals surface area contributed by atoms with E-state index in [-0.39, 0.29) is 36.8 Å². The summed E-state index contributed by atoms with van der Waals surface area (Å²) in [7, 11) is 0. The van der Waals surface area contributed by atoms with Crippen molar-refractivity contribution >= 4 is 12.4 Å². The molecule has 0 spiro atoms. The van der Waals surface area contributed by atoms with Gasteiger partial charge in [-0.1, -0.05) is 0 Å². The number of phenols is 1. The molecule has 0 aliphatic carbocycles. The third-order valence-corrected chi connectivity index (χ3v) is 3.54. The van der Waals surface area contributed by atoms with Crippen molar-refractivity contribution in [2.24, 2.45) is 0 Å². The Morgan fingerprint density at radius 3 is 2.25 bits per heavy atom. The summed E-state index contributed by atoms with van der Waals surface area (Å²) in [4.78, 5) is 1.34. The van der Waals surface area contributed by atoms with E-state index in [1.165, 1.54) is 23.1 Å². The van der Waals surface area contributed by atoms with E-state index in [0.717, 1.165) is 0 Å². The van der Waals surface area contributed by atoms with Crippen LogP contribution in [0.4, 0.5) is 13.2 Å². The van der Waals surface area contributed by atoms with Crippen molar-refractivity contribution < 1.29 is 23.0 Å². The second-order valence-corrected chi connectivity index (χ2v) is 6.67. The van der Waals surface area contributed by atoms with Gasteiger partial charge in [-0.15, -0.1) is 12.4 Å². The monoisotopic (exact) mass is 368 g/mol. The second kappa shape index (κ2) is 7.80. The van der Waals surface area contributed by atoms with Gasteiger partial charge >= 0.3 is 6.18 Å². The van der Waals surface area contributed by atoms with Crippen LogP contribution in [0.15, 0.2) is 18.2 Å². The van der Waals surface area contributed by atoms with E-state index >= 15 is 0 Å². The standard InChI is InChI=1S/C16H23F3N2O2.ClH/c1-15(2,3)23-11-4-5-13(22)12(10-11)14(16(17,18)19)21-8-6-20-7-9-21;/h4-5,10,14,20,22H,6-9H2,1-3H3;1H/t14-;/m1./s1. The number of piperazine rings is 1. The molecule has 8 heteroatoms. The predicted octanol–water partition coefficient (Wildman–Crippen LogP) is 3.50. The zero-order valence-electron chi connectivity index (χ0n) is 14.0. The van der Waals surface area contributed by atoms with Gasteiger partial charge in [0.15, 0.2) is 0 Å². The van der Waals surface area contributed by atoms with E-state index in [0.29, 0.717) is 18.8 Å². The zero-order valence-corrected chi connectivity index (χ0v) is 14.8. The van der Waals surface area contributed by atoms with Gasteiger partial charge in [0.2, 0.25) is 0 Å². The quantitative estimate of drug-likeness (QED) is 0.857. The number of benzene rings is 1. The van der Waals surface area contributed by atoms with Gasteiger partial charge in [0.1, 0.15) is 23.1 Å². The number of halogens is 4. The first-order valence-corrected chi connectivity index (χ1v) is 7.61. The lowest BCUT2D eigenvalue weighted by Gasteiger charge is -2.36. The summed E-state index contributed by atoms with van der Waals surface area (Å²) in [6.45, 7) is 6.98. The largest absolute Gasteiger partial charge is 0.508 e. The summed E-state index contributed by atoms with van der Waals surface area (Å²) in [6.07, 6.45) is -4.48. The number of nitrogens with one attached hydrogen (secondary N) is 1. The molecule has 1 saturated heterocycles. The van der Waals surface area contributed by atoms with Crippen LogP contribution in [0.25, 0.3) is 0 Å². The molecular formula is C16H24ClF3N2O2. The molecular weight excluding hydrogens is 345 g/mol. The minimum Gasteiger partial charge on any atom is -0.508 e. The number of alkyl halides is 3. The number of aromatic hydroxyl groups is 1. The number of hydrogen-bond donors (Lipinski definition) is 2. The average molecular weight is 369 g/mol. The Labute approximate surface area is 146 Å². The van der Waals surface area contributed by atoms with Gasteiger partial charge in [0.05, 0.1) is 0 Å². The molecule has 138 valence electrons. The van der Waals surface area contributed by atoms with Crippen LogP contribution in [0.5, 0.6) is 11.5 Å². The fourth-order valence-electron chi connectivity index (χ4n) is 2.69. The Morgan fingerprint density at radius 2 is 1.75 bits per heavy atom. The van der Waals surface area contributed by atoms with E-state index in [4.69, 9.17) is 4.74 Å². The summed E-state index contributed by atoms with van der Waals surface area (Å²) in [5.74, 6) is -0.0539. The fourth-order valence-corrected chi connectivity index (χ4v) is 2.69. The van der Waals surface area contributed by atoms with Crippen molar-refractivity contribution in [2.45, 2.75) is 38.6 Å². The minimum absolute atomic E-state index is 0. The Bertz CT molecular complexity index is 541. The van der Waals surface area contributed by atoms with Crippen LogP contribution >= 0.6 is 12.4 Å². The van der Waals surface area contributed by atoms with Crippen molar-refractivity contribution in [2.75, 3.05) is 26.2 Å². The maximum Gasteiger partial charge on any atom is 0.408 e. The average Bonchev–Trinajstić information content (AvgIpc) is 2.41. The van der Waals surface area contributed by atoms with E-state index < -0.39 is 17.8 Å². The third-order valence-electron chi connectivity index (χ3n) is 3.54. The van der Waals surface area contributed by atoms with Crippen molar-refractivity contribution in [3.63, 3.8) is 0 Å². The molecule has 1 aromatic carbocycles. The lowest BCUT2D eigenvalue weighted by Crippen LogP contribution is -2.49. The zero-order chi connectivity index (χ0) is 17.3. The Morgan fingerprint density at radius 1 is 1.17 bits per heavy atom. The van der Waals surface area contributed by atoms with Crippen LogP contribution in [0, 0.1) is 0 Å². The van der Waals surface area contributed by atoms with Gasteiger partial charge in [-0.2, -0.15) is 13.2 Å². The molecule has 0 aromatic heterocycles. The molecule has 2 rings (SSSR count). The van der Waals surface area contributed by atoms with Gasteiger partial charge in [0.25, 0.3) is 0 Å². The van der Waals surface area contributed by atoms with E-state index in [1.54, 1.807) is 0 Å². The molecule has 1 aliphatic heterocycles. The van der Waals surface area contributed by atoms with Crippen molar-refractivity contribution in [1.29, 1.82) is 0 Å². The predicted molar refractivity (Wildman–Crippen MR) is 89.0 cm³/mol. The summed E-state index contributed by atoms with van der Waals surface area (Å²) in [5, 5.41) is 13.0. The highest BCUT2D eigenvalue weighted by atomic mass is 35.5. The first-order valence-electron chi connectivity index (χ1n) is 7.61. The van der Waals surface area contributed by atoms with Crippen LogP contribution in [0.3, 0.4) is 0 Å². The van der Waals surface area contributed by atoms with Gasteiger partial charge < -0.3 is 15.2 Å². The van der Waals surface area contributed by atoms with Crippen molar-refractivity contribution in [1.82, 2.24) is 10.2 Å². The smallest absolute Gasteiger partial charge is 0.408 e. The van der Waals surface area contributed by atoms with Crippen LogP contribution in [-0.4, -0.2) is 48.0 Å². The molecule has 1 fully saturated rings. The van der Waals surface area contributed by atoms with Gasteiger partial charge in [-0.3, -0.25) is 4.90 Å². The summed E-state index contributed by atoms with van der Waals surface area (Å²) >= 11 is 0. The highest BCUT2D eigenvalue weighted by Crippen LogP contribution is 2.42. The number of rotatable bonds is 3. The minimum atomic E-state index is -4.48. The Balaban J connectivity index is 0.00000288. The Kier molecular flexibility index (Phi) is 6.78. The van der Waals surface area contributed by atoms with E-state index in [2.05, 4.69) is 5.32 Å². The van der Waals surface area contributed by atoms with Crippen molar-refractivity contribution in [3.05, 3.63) is 23.8 Å². The number of hydrogen-bond acceptors (Lipinski definition) is 4. The maximum atomic E-state index is 13.6. The fraction of sp³-hybridized carbons (Fsp3) is 0.625. The molecule has 2 N–H and O–H groups in total. The number of phenolic OH excluding ortho intramolecular Hbond substituents is 1. The molecule has 4 nitrogen and oxygen atoms in total. The number of nitrogens with zero attached hydrogens (tertiary/aromatic N) is 1. The normalized spacial score (nSPS) is 17.9. The molecule has 1 aromatic rings. The molecule has 1 atom stereocenters. The number of ether oxygens (including phenoxy) is 1. The summed E-state index contributed by atoms with van der Waals surface area (Å²) in [6, 6.07) is 2.20. The Hall–Kier alpha value is -1.18. The molecule has 0 unspecified atom stereocenters. The molecule has 1 heterocycles. The van der Waals surface area contributed by atoms with Crippen LogP contribution in [0.1, 0.15) is 32.4 Å².